The van der Waals surface area contributed by atoms with Crippen LogP contribution in [0.1, 0.15) is 30.8 Å². The molecule has 0 aliphatic carbocycles. The molecule has 7 nitrogen and oxygen atoms in total. The summed E-state index contributed by atoms with van der Waals surface area (Å²) in [4.78, 5) is 6.60. The van der Waals surface area contributed by atoms with Crippen LogP contribution in [-0.2, 0) is 9.47 Å². The molecular formula is C11H20N4O3. The van der Waals surface area contributed by atoms with Crippen molar-refractivity contribution in [1.29, 1.82) is 0 Å². The van der Waals surface area contributed by atoms with E-state index in [4.69, 9.17) is 19.7 Å². The molecule has 1 aromatic rings. The van der Waals surface area contributed by atoms with Crippen LogP contribution < -0.4 is 5.73 Å². The maximum absolute atomic E-state index is 5.66. The standard InChI is InChI=1S/C11H20N4O3/c1-3-15-4-5-17-9(7-15)10-13-11(18-14-10)8(6-12)16-2/h8-9H,3-7,12H2,1-2H3. The Morgan fingerprint density at radius 2 is 2.44 bits per heavy atom. The summed E-state index contributed by atoms with van der Waals surface area (Å²) in [6.07, 6.45) is -0.483. The molecule has 0 spiro atoms. The minimum atomic E-state index is -0.350. The summed E-state index contributed by atoms with van der Waals surface area (Å²) >= 11 is 0. The van der Waals surface area contributed by atoms with Crippen LogP contribution in [0.25, 0.3) is 0 Å². The number of nitrogens with two attached hydrogens (primary N) is 1. The highest BCUT2D eigenvalue weighted by Crippen LogP contribution is 2.21. The summed E-state index contributed by atoms with van der Waals surface area (Å²) in [7, 11) is 1.57. The fourth-order valence-corrected chi connectivity index (χ4v) is 1.95. The van der Waals surface area contributed by atoms with E-state index in [9.17, 15) is 0 Å². The van der Waals surface area contributed by atoms with Crippen molar-refractivity contribution < 1.29 is 14.0 Å². The number of aromatic nitrogens is 2. The number of morpholine rings is 1. The van der Waals surface area contributed by atoms with Gasteiger partial charge in [-0.3, -0.25) is 4.90 Å². The average Bonchev–Trinajstić information content (AvgIpc) is 2.90. The van der Waals surface area contributed by atoms with E-state index in [1.807, 2.05) is 0 Å². The van der Waals surface area contributed by atoms with Crippen molar-refractivity contribution >= 4 is 0 Å². The topological polar surface area (TPSA) is 86.6 Å². The normalized spacial score (nSPS) is 23.2. The van der Waals surface area contributed by atoms with Gasteiger partial charge in [0.2, 0.25) is 5.82 Å². The first-order chi connectivity index (χ1) is 8.78. The lowest BCUT2D eigenvalue weighted by Crippen LogP contribution is -2.38. The lowest BCUT2D eigenvalue weighted by molar-refractivity contribution is -0.0334. The second-order valence-electron chi connectivity index (χ2n) is 4.20. The van der Waals surface area contributed by atoms with Crippen molar-refractivity contribution in [2.45, 2.75) is 19.1 Å². The predicted molar refractivity (Wildman–Crippen MR) is 63.9 cm³/mol. The highest BCUT2D eigenvalue weighted by molar-refractivity contribution is 4.96. The van der Waals surface area contributed by atoms with E-state index in [2.05, 4.69) is 22.0 Å². The lowest BCUT2D eigenvalue weighted by Gasteiger charge is -2.30. The first kappa shape index (κ1) is 13.4. The quantitative estimate of drug-likeness (QED) is 0.800. The summed E-state index contributed by atoms with van der Waals surface area (Å²) in [6, 6.07) is 0. The van der Waals surface area contributed by atoms with Gasteiger partial charge in [-0.2, -0.15) is 4.98 Å². The summed E-state index contributed by atoms with van der Waals surface area (Å²) in [5.41, 5.74) is 5.55. The number of ether oxygens (including phenoxy) is 2. The molecule has 1 saturated heterocycles. The van der Waals surface area contributed by atoms with E-state index >= 15 is 0 Å². The predicted octanol–water partition coefficient (Wildman–Crippen LogP) is 0.109. The van der Waals surface area contributed by atoms with Gasteiger partial charge in [-0.05, 0) is 6.54 Å². The molecule has 1 aromatic heterocycles. The van der Waals surface area contributed by atoms with Gasteiger partial charge >= 0.3 is 0 Å². The van der Waals surface area contributed by atoms with Gasteiger partial charge in [0.1, 0.15) is 12.2 Å². The second kappa shape index (κ2) is 6.24. The molecule has 0 radical (unpaired) electrons. The van der Waals surface area contributed by atoms with Crippen molar-refractivity contribution in [3.05, 3.63) is 11.7 Å². The first-order valence-corrected chi connectivity index (χ1v) is 6.18. The van der Waals surface area contributed by atoms with Crippen LogP contribution in [0, 0.1) is 0 Å². The monoisotopic (exact) mass is 256 g/mol. The number of rotatable bonds is 5. The molecule has 18 heavy (non-hydrogen) atoms. The van der Waals surface area contributed by atoms with Gasteiger partial charge in [-0.25, -0.2) is 0 Å². The molecule has 0 bridgehead atoms. The lowest BCUT2D eigenvalue weighted by atomic mass is 10.2. The SMILES string of the molecule is CCN1CCOC(c2noc(C(CN)OC)n2)C1. The van der Waals surface area contributed by atoms with Gasteiger partial charge in [-0.15, -0.1) is 0 Å². The Balaban J connectivity index is 2.05. The van der Waals surface area contributed by atoms with E-state index in [1.54, 1.807) is 7.11 Å². The van der Waals surface area contributed by atoms with Gasteiger partial charge in [0, 0.05) is 26.7 Å². The maximum atomic E-state index is 5.66. The number of likely N-dealkylation sites (N-methyl/N-ethyl adjacent to an activating group) is 1. The molecule has 2 unspecified atom stereocenters. The summed E-state index contributed by atoms with van der Waals surface area (Å²) < 4.78 is 16.0. The number of nitrogens with zero attached hydrogens (tertiary/aromatic N) is 3. The molecule has 2 N–H and O–H groups in total. The van der Waals surface area contributed by atoms with Crippen molar-refractivity contribution in [3.63, 3.8) is 0 Å². The van der Waals surface area contributed by atoms with Crippen molar-refractivity contribution in [1.82, 2.24) is 15.0 Å². The molecule has 2 rings (SSSR count). The third-order valence-electron chi connectivity index (χ3n) is 3.12. The minimum absolute atomic E-state index is 0.133. The van der Waals surface area contributed by atoms with Gasteiger partial charge in [0.15, 0.2) is 0 Å². The molecule has 2 atom stereocenters. The second-order valence-corrected chi connectivity index (χ2v) is 4.20. The van der Waals surface area contributed by atoms with E-state index in [-0.39, 0.29) is 12.2 Å². The van der Waals surface area contributed by atoms with Gasteiger partial charge in [0.25, 0.3) is 5.89 Å². The van der Waals surface area contributed by atoms with Gasteiger partial charge in [0.05, 0.1) is 6.61 Å². The van der Waals surface area contributed by atoms with Crippen LogP contribution in [0.15, 0.2) is 4.52 Å². The van der Waals surface area contributed by atoms with E-state index in [0.717, 1.165) is 19.6 Å². The van der Waals surface area contributed by atoms with E-state index in [0.29, 0.717) is 24.9 Å². The fourth-order valence-electron chi connectivity index (χ4n) is 1.95. The average molecular weight is 256 g/mol. The summed E-state index contributed by atoms with van der Waals surface area (Å²) in [5.74, 6) is 0.978. The number of methoxy groups -OCH3 is 1. The van der Waals surface area contributed by atoms with Crippen LogP contribution in [0.2, 0.25) is 0 Å². The molecule has 0 saturated carbocycles. The van der Waals surface area contributed by atoms with Crippen molar-refractivity contribution in [2.75, 3.05) is 39.9 Å². The van der Waals surface area contributed by atoms with Crippen LogP contribution >= 0.6 is 0 Å². The third kappa shape index (κ3) is 2.86. The molecule has 1 aliphatic rings. The molecule has 102 valence electrons. The summed E-state index contributed by atoms with van der Waals surface area (Å²) in [6.45, 7) is 5.85. The zero-order valence-electron chi connectivity index (χ0n) is 10.8. The largest absolute Gasteiger partial charge is 0.370 e. The molecule has 2 heterocycles. The van der Waals surface area contributed by atoms with Crippen LogP contribution in [0.4, 0.5) is 0 Å². The number of hydrogen-bond donors (Lipinski definition) is 1. The van der Waals surface area contributed by atoms with Crippen molar-refractivity contribution in [3.8, 4) is 0 Å². The highest BCUT2D eigenvalue weighted by Gasteiger charge is 2.27. The third-order valence-corrected chi connectivity index (χ3v) is 3.12. The molecule has 0 aromatic carbocycles. The Morgan fingerprint density at radius 1 is 1.61 bits per heavy atom. The van der Waals surface area contributed by atoms with E-state index < -0.39 is 0 Å². The Kier molecular flexibility index (Phi) is 4.65. The molecule has 7 heteroatoms. The van der Waals surface area contributed by atoms with Crippen LogP contribution in [0.5, 0.6) is 0 Å². The zero-order chi connectivity index (χ0) is 13.0. The summed E-state index contributed by atoms with van der Waals surface area (Å²) in [5, 5.41) is 3.95. The smallest absolute Gasteiger partial charge is 0.257 e. The first-order valence-electron chi connectivity index (χ1n) is 6.18. The Morgan fingerprint density at radius 3 is 3.11 bits per heavy atom. The van der Waals surface area contributed by atoms with Crippen molar-refractivity contribution in [2.24, 2.45) is 5.73 Å². The van der Waals surface area contributed by atoms with Gasteiger partial charge < -0.3 is 19.7 Å². The Hall–Kier alpha value is -1.02. The van der Waals surface area contributed by atoms with Crippen LogP contribution in [0.3, 0.4) is 0 Å². The Bertz CT molecular complexity index is 367. The fraction of sp³-hybridized carbons (Fsp3) is 0.818. The molecule has 0 amide bonds. The molecular weight excluding hydrogens is 236 g/mol. The molecule has 1 aliphatic heterocycles. The highest BCUT2D eigenvalue weighted by atomic mass is 16.5. The maximum Gasteiger partial charge on any atom is 0.257 e. The van der Waals surface area contributed by atoms with E-state index in [1.165, 1.54) is 0 Å². The molecule has 1 fully saturated rings. The minimum Gasteiger partial charge on any atom is -0.370 e. The number of hydrogen-bond acceptors (Lipinski definition) is 7. The zero-order valence-corrected chi connectivity index (χ0v) is 10.8. The van der Waals surface area contributed by atoms with Crippen LogP contribution in [-0.4, -0.2) is 54.9 Å². The Labute approximate surface area is 106 Å². The van der Waals surface area contributed by atoms with Gasteiger partial charge in [-0.1, -0.05) is 12.1 Å².